The minimum atomic E-state index is -0.780. The Morgan fingerprint density at radius 1 is 1.67 bits per heavy atom. The predicted molar refractivity (Wildman–Crippen MR) is 58.6 cm³/mol. The third-order valence-electron chi connectivity index (χ3n) is 2.63. The van der Waals surface area contributed by atoms with E-state index in [0.29, 0.717) is 5.82 Å². The number of hydrogen-bond acceptors (Lipinski definition) is 4. The van der Waals surface area contributed by atoms with Crippen molar-refractivity contribution in [2.75, 3.05) is 11.9 Å². The molecule has 4 heteroatoms. The van der Waals surface area contributed by atoms with Crippen molar-refractivity contribution in [1.82, 2.24) is 4.98 Å². The first kappa shape index (κ1) is 11.7. The van der Waals surface area contributed by atoms with Crippen LogP contribution in [-0.2, 0) is 4.79 Å². The third-order valence-corrected chi connectivity index (χ3v) is 2.63. The molecule has 0 fully saturated rings. The van der Waals surface area contributed by atoms with Gasteiger partial charge in [-0.25, -0.2) is 4.98 Å². The first-order valence-corrected chi connectivity index (χ1v) is 4.87. The van der Waals surface area contributed by atoms with Crippen LogP contribution in [0.3, 0.4) is 0 Å². The highest BCUT2D eigenvalue weighted by Gasteiger charge is 2.30. The largest absolute Gasteiger partial charge is 0.395 e. The highest BCUT2D eigenvalue weighted by Crippen LogP contribution is 2.20. The van der Waals surface area contributed by atoms with E-state index in [2.05, 4.69) is 10.3 Å². The molecule has 2 N–H and O–H groups in total. The van der Waals surface area contributed by atoms with Gasteiger partial charge in [-0.3, -0.25) is 0 Å². The summed E-state index contributed by atoms with van der Waals surface area (Å²) in [7, 11) is 0. The lowest BCUT2D eigenvalue weighted by atomic mass is 9.86. The average Bonchev–Trinajstić information content (AvgIpc) is 2.29. The van der Waals surface area contributed by atoms with Crippen LogP contribution in [0.2, 0.25) is 0 Å². The first-order chi connectivity index (χ1) is 7.12. The number of nitrogens with zero attached hydrogens (tertiary/aromatic N) is 1. The Bertz CT molecular complexity index is 316. The van der Waals surface area contributed by atoms with Gasteiger partial charge in [0.2, 0.25) is 0 Å². The summed E-state index contributed by atoms with van der Waals surface area (Å²) in [6.45, 7) is 3.37. The fraction of sp³-hybridized carbons (Fsp3) is 0.455. The summed E-state index contributed by atoms with van der Waals surface area (Å²) >= 11 is 0. The van der Waals surface area contributed by atoms with Gasteiger partial charge >= 0.3 is 0 Å². The number of pyridine rings is 1. The standard InChI is InChI=1S/C11H16N2O2/c1-9(11(2,7-14)8-15)13-10-5-3-4-6-12-10/h3-7,9,15H,8H2,1-2H3,(H,12,13)/t9-,11-/m0/s1. The molecule has 0 saturated heterocycles. The Kier molecular flexibility index (Phi) is 3.80. The molecule has 0 bridgehead atoms. The maximum absolute atomic E-state index is 10.9. The highest BCUT2D eigenvalue weighted by molar-refractivity contribution is 5.61. The van der Waals surface area contributed by atoms with Gasteiger partial charge in [-0.2, -0.15) is 0 Å². The van der Waals surface area contributed by atoms with Crippen LogP contribution in [0.4, 0.5) is 5.82 Å². The number of aldehydes is 1. The van der Waals surface area contributed by atoms with Crippen molar-refractivity contribution < 1.29 is 9.90 Å². The maximum Gasteiger partial charge on any atom is 0.130 e. The second kappa shape index (κ2) is 4.89. The Balaban J connectivity index is 2.70. The summed E-state index contributed by atoms with van der Waals surface area (Å²) in [5.74, 6) is 0.700. The zero-order valence-corrected chi connectivity index (χ0v) is 8.97. The fourth-order valence-electron chi connectivity index (χ4n) is 1.11. The van der Waals surface area contributed by atoms with E-state index in [9.17, 15) is 4.79 Å². The van der Waals surface area contributed by atoms with Crippen molar-refractivity contribution in [3.05, 3.63) is 24.4 Å². The predicted octanol–water partition coefficient (Wildman–Crippen LogP) is 1.08. The van der Waals surface area contributed by atoms with Crippen LogP contribution in [0.25, 0.3) is 0 Å². The highest BCUT2D eigenvalue weighted by atomic mass is 16.3. The van der Waals surface area contributed by atoms with Gasteiger partial charge in [0.1, 0.15) is 12.1 Å². The molecule has 0 unspecified atom stereocenters. The number of carbonyl (C=O) groups is 1. The molecule has 0 amide bonds. The summed E-state index contributed by atoms with van der Waals surface area (Å²) < 4.78 is 0. The summed E-state index contributed by atoms with van der Waals surface area (Å²) in [5.41, 5.74) is -0.780. The Labute approximate surface area is 89.3 Å². The van der Waals surface area contributed by atoms with E-state index in [1.54, 1.807) is 13.1 Å². The van der Waals surface area contributed by atoms with Crippen LogP contribution in [0.15, 0.2) is 24.4 Å². The van der Waals surface area contributed by atoms with Crippen molar-refractivity contribution >= 4 is 12.1 Å². The number of rotatable bonds is 5. The number of aromatic nitrogens is 1. The minimum absolute atomic E-state index is 0.171. The molecule has 0 radical (unpaired) electrons. The molecule has 0 aliphatic heterocycles. The van der Waals surface area contributed by atoms with Gasteiger partial charge in [-0.05, 0) is 26.0 Å². The molecule has 0 aromatic carbocycles. The van der Waals surface area contributed by atoms with Crippen molar-refractivity contribution in [3.8, 4) is 0 Å². The van der Waals surface area contributed by atoms with E-state index in [4.69, 9.17) is 5.11 Å². The minimum Gasteiger partial charge on any atom is -0.395 e. The lowest BCUT2D eigenvalue weighted by Gasteiger charge is -2.29. The molecule has 2 atom stereocenters. The summed E-state index contributed by atoms with van der Waals surface area (Å²) in [5, 5.41) is 12.2. The molecule has 1 aromatic heterocycles. The van der Waals surface area contributed by atoms with Gasteiger partial charge in [0.25, 0.3) is 0 Å². The molecule has 15 heavy (non-hydrogen) atoms. The van der Waals surface area contributed by atoms with Gasteiger partial charge in [0.15, 0.2) is 0 Å². The molecule has 82 valence electrons. The van der Waals surface area contributed by atoms with Crippen LogP contribution in [0.5, 0.6) is 0 Å². The topological polar surface area (TPSA) is 62.2 Å². The fourth-order valence-corrected chi connectivity index (χ4v) is 1.11. The smallest absolute Gasteiger partial charge is 0.130 e. The molecule has 0 aliphatic rings. The normalized spacial score (nSPS) is 16.5. The summed E-state index contributed by atoms with van der Waals surface area (Å²) in [4.78, 5) is 15.0. The number of aliphatic hydroxyl groups excluding tert-OH is 1. The van der Waals surface area contributed by atoms with Crippen LogP contribution < -0.4 is 5.32 Å². The number of aliphatic hydroxyl groups is 1. The first-order valence-electron chi connectivity index (χ1n) is 4.87. The zero-order chi connectivity index (χ0) is 11.3. The van der Waals surface area contributed by atoms with Crippen LogP contribution in [0, 0.1) is 5.41 Å². The molecule has 4 nitrogen and oxygen atoms in total. The van der Waals surface area contributed by atoms with Gasteiger partial charge in [-0.1, -0.05) is 6.07 Å². The second-order valence-corrected chi connectivity index (χ2v) is 3.86. The van der Waals surface area contributed by atoms with Crippen molar-refractivity contribution in [3.63, 3.8) is 0 Å². The molecule has 0 spiro atoms. The van der Waals surface area contributed by atoms with Gasteiger partial charge < -0.3 is 15.2 Å². The Morgan fingerprint density at radius 2 is 2.40 bits per heavy atom. The SMILES string of the molecule is C[C@H](Nc1ccccn1)[C@@](C)(C=O)CO. The number of hydrogen-bond donors (Lipinski definition) is 2. The Hall–Kier alpha value is -1.42. The quantitative estimate of drug-likeness (QED) is 0.711. The van der Waals surface area contributed by atoms with E-state index in [1.807, 2.05) is 25.1 Å². The molecule has 1 aromatic rings. The van der Waals surface area contributed by atoms with Crippen LogP contribution >= 0.6 is 0 Å². The van der Waals surface area contributed by atoms with E-state index in [-0.39, 0.29) is 12.6 Å². The molecular formula is C11H16N2O2. The van der Waals surface area contributed by atoms with Crippen LogP contribution in [-0.4, -0.2) is 29.0 Å². The number of carbonyl (C=O) groups excluding carboxylic acids is 1. The van der Waals surface area contributed by atoms with Gasteiger partial charge in [-0.15, -0.1) is 0 Å². The van der Waals surface area contributed by atoms with Crippen molar-refractivity contribution in [1.29, 1.82) is 0 Å². The lowest BCUT2D eigenvalue weighted by Crippen LogP contribution is -2.40. The van der Waals surface area contributed by atoms with Gasteiger partial charge in [0, 0.05) is 12.2 Å². The van der Waals surface area contributed by atoms with E-state index >= 15 is 0 Å². The summed E-state index contributed by atoms with van der Waals surface area (Å²) in [6.07, 6.45) is 2.44. The maximum atomic E-state index is 10.9. The van der Waals surface area contributed by atoms with Gasteiger partial charge in [0.05, 0.1) is 12.0 Å². The van der Waals surface area contributed by atoms with Crippen LogP contribution in [0.1, 0.15) is 13.8 Å². The van der Waals surface area contributed by atoms with E-state index in [0.717, 1.165) is 6.29 Å². The average molecular weight is 208 g/mol. The molecule has 0 aliphatic carbocycles. The van der Waals surface area contributed by atoms with Crippen molar-refractivity contribution in [2.24, 2.45) is 5.41 Å². The molecule has 1 heterocycles. The van der Waals surface area contributed by atoms with E-state index in [1.165, 1.54) is 0 Å². The third kappa shape index (κ3) is 2.76. The second-order valence-electron chi connectivity index (χ2n) is 3.86. The lowest BCUT2D eigenvalue weighted by molar-refractivity contribution is -0.117. The zero-order valence-electron chi connectivity index (χ0n) is 8.97. The van der Waals surface area contributed by atoms with E-state index < -0.39 is 5.41 Å². The molecule has 1 rings (SSSR count). The monoisotopic (exact) mass is 208 g/mol. The molecule has 0 saturated carbocycles. The summed E-state index contributed by atoms with van der Waals surface area (Å²) in [6, 6.07) is 5.33. The number of anilines is 1. The molecular weight excluding hydrogens is 192 g/mol. The Morgan fingerprint density at radius 3 is 2.87 bits per heavy atom. The van der Waals surface area contributed by atoms with Crippen molar-refractivity contribution in [2.45, 2.75) is 19.9 Å². The number of nitrogens with one attached hydrogen (secondary N) is 1.